The van der Waals surface area contributed by atoms with E-state index >= 15 is 0 Å². The van der Waals surface area contributed by atoms with Gasteiger partial charge in [-0.3, -0.25) is 0 Å². The first-order valence-electron chi connectivity index (χ1n) is 20.2. The molecule has 0 radical (unpaired) electrons. The first kappa shape index (κ1) is 49.2. The summed E-state index contributed by atoms with van der Waals surface area (Å²) in [4.78, 5) is 22.0. The molecule has 51 heavy (non-hydrogen) atoms. The number of aromatic carboxylic acids is 2. The van der Waals surface area contributed by atoms with Gasteiger partial charge in [-0.25, -0.2) is 0 Å². The van der Waals surface area contributed by atoms with Crippen molar-refractivity contribution < 1.29 is 30.0 Å². The number of carboxylic acid groups (broad SMARTS) is 2. The Kier molecular flexibility index (Phi) is 30.6. The minimum absolute atomic E-state index is 0. The third-order valence-electron chi connectivity index (χ3n) is 10.1. The fourth-order valence-corrected chi connectivity index (χ4v) is 6.61. The van der Waals surface area contributed by atoms with Gasteiger partial charge in [-0.2, -0.15) is 0 Å². The third kappa shape index (κ3) is 23.5. The van der Waals surface area contributed by atoms with Crippen LogP contribution in [0.4, 0.5) is 0 Å². The molecule has 284 valence electrons. The number of hydrogen-bond donors (Lipinski definition) is 2. The maximum Gasteiger partial charge on any atom is 2.00 e. The average Bonchev–Trinajstić information content (AvgIpc) is 3.09. The molecule has 2 N–H and O–H groups in total. The van der Waals surface area contributed by atoms with Crippen LogP contribution in [-0.2, 0) is 0 Å². The smallest absolute Gasteiger partial charge is 0.545 e. The number of unbranched alkanes of at least 4 members (excludes halogenated alkanes) is 20. The van der Waals surface area contributed by atoms with E-state index in [2.05, 4.69) is 27.7 Å². The number of phenols is 2. The molecule has 0 aliphatic rings. The minimum atomic E-state index is -1.32. The molecule has 2 unspecified atom stereocenters. The van der Waals surface area contributed by atoms with Crippen molar-refractivity contribution in [3.63, 3.8) is 0 Å². The molecule has 7 heteroatoms. The number of carbonyl (C=O) groups excluding carboxylic acids is 2. The molecule has 2 atom stereocenters. The molecule has 0 heterocycles. The monoisotopic (exact) mass is 734 g/mol. The number of rotatable bonds is 28. The standard InChI is InChI=1S/2C22H36O3.Ca/c2*1-3-4-5-6-7-8-9-10-11-12-13-14-18(2)19-15-16-21(23)20(17-19)22(24)25;/h2*15-18,23H,3-14H2,1-2H3,(H,24,25);/q;;+2/p-2. The third-order valence-corrected chi connectivity index (χ3v) is 10.1. The molecule has 6 nitrogen and oxygen atoms in total. The molecule has 0 amide bonds. The van der Waals surface area contributed by atoms with E-state index in [1.807, 2.05) is 12.1 Å². The molecule has 0 aliphatic heterocycles. The van der Waals surface area contributed by atoms with Gasteiger partial charge < -0.3 is 30.0 Å². The summed E-state index contributed by atoms with van der Waals surface area (Å²) in [6.45, 7) is 8.74. The Hall–Kier alpha value is -1.76. The Morgan fingerprint density at radius 1 is 0.490 bits per heavy atom. The van der Waals surface area contributed by atoms with E-state index in [1.165, 1.54) is 153 Å². The predicted molar refractivity (Wildman–Crippen MR) is 210 cm³/mol. The second kappa shape index (κ2) is 31.7. The SMILES string of the molecule is CCCCCCCCCCCCCC(C)c1ccc(O)c(C(=O)[O-])c1.CCCCCCCCCCCCCC(C)c1ccc(O)c(C(=O)[O-])c1.[Ca+2]. The van der Waals surface area contributed by atoms with Crippen LogP contribution in [0, 0.1) is 0 Å². The molecule has 0 spiro atoms. The minimum Gasteiger partial charge on any atom is -0.545 e. The van der Waals surface area contributed by atoms with E-state index in [0.717, 1.165) is 24.0 Å². The number of aromatic hydroxyl groups is 2. The molecule has 2 aromatic carbocycles. The zero-order chi connectivity index (χ0) is 37.0. The Balaban J connectivity index is 0.000000962. The van der Waals surface area contributed by atoms with Crippen molar-refractivity contribution in [3.8, 4) is 11.5 Å². The van der Waals surface area contributed by atoms with E-state index in [1.54, 1.807) is 12.1 Å². The van der Waals surface area contributed by atoms with Crippen LogP contribution in [0.2, 0.25) is 0 Å². The van der Waals surface area contributed by atoms with Crippen molar-refractivity contribution in [3.05, 3.63) is 58.7 Å². The molecule has 0 saturated heterocycles. The quantitative estimate of drug-likeness (QED) is 0.0663. The summed E-state index contributed by atoms with van der Waals surface area (Å²) < 4.78 is 0. The molecule has 2 rings (SSSR count). The fraction of sp³-hybridized carbons (Fsp3) is 0.682. The maximum absolute atomic E-state index is 11.0. The van der Waals surface area contributed by atoms with Gasteiger partial charge in [-0.05, 0) is 60.1 Å². The van der Waals surface area contributed by atoms with Crippen molar-refractivity contribution in [1.29, 1.82) is 0 Å². The van der Waals surface area contributed by atoms with Gasteiger partial charge in [0.05, 0.1) is 11.9 Å². The van der Waals surface area contributed by atoms with Gasteiger partial charge in [0.25, 0.3) is 0 Å². The molecular formula is C44H70CaO6. The molecule has 0 fully saturated rings. The van der Waals surface area contributed by atoms with Crippen LogP contribution >= 0.6 is 0 Å². The Morgan fingerprint density at radius 3 is 1.00 bits per heavy atom. The van der Waals surface area contributed by atoms with Crippen molar-refractivity contribution >= 4 is 49.7 Å². The van der Waals surface area contributed by atoms with Gasteiger partial charge in [0.2, 0.25) is 0 Å². The van der Waals surface area contributed by atoms with E-state index in [0.29, 0.717) is 11.8 Å². The zero-order valence-corrected chi connectivity index (χ0v) is 35.0. The van der Waals surface area contributed by atoms with Gasteiger partial charge in [-0.1, -0.05) is 181 Å². The first-order chi connectivity index (χ1) is 24.1. The summed E-state index contributed by atoms with van der Waals surface area (Å²) in [7, 11) is 0. The summed E-state index contributed by atoms with van der Waals surface area (Å²) in [6, 6.07) is 9.63. The van der Waals surface area contributed by atoms with Crippen LogP contribution in [0.5, 0.6) is 11.5 Å². The summed E-state index contributed by atoms with van der Waals surface area (Å²) >= 11 is 0. The van der Waals surface area contributed by atoms with Gasteiger partial charge in [0.15, 0.2) is 0 Å². The maximum atomic E-state index is 11.0. The van der Waals surface area contributed by atoms with E-state index in [-0.39, 0.29) is 60.4 Å². The number of carbonyl (C=O) groups is 2. The number of carboxylic acids is 2. The average molecular weight is 735 g/mol. The van der Waals surface area contributed by atoms with Gasteiger partial charge in [0.1, 0.15) is 11.5 Å². The Bertz CT molecular complexity index is 1090. The molecule has 0 aromatic heterocycles. The number of hydrogen-bond acceptors (Lipinski definition) is 6. The Morgan fingerprint density at radius 2 is 0.745 bits per heavy atom. The fourth-order valence-electron chi connectivity index (χ4n) is 6.61. The van der Waals surface area contributed by atoms with Crippen molar-refractivity contribution in [2.45, 2.75) is 194 Å². The van der Waals surface area contributed by atoms with Crippen LogP contribution in [0.15, 0.2) is 36.4 Å². The van der Waals surface area contributed by atoms with Crippen LogP contribution in [0.1, 0.15) is 225 Å². The van der Waals surface area contributed by atoms with Crippen LogP contribution < -0.4 is 10.2 Å². The molecular weight excluding hydrogens is 665 g/mol. The molecule has 0 bridgehead atoms. The van der Waals surface area contributed by atoms with Gasteiger partial charge >= 0.3 is 37.7 Å². The van der Waals surface area contributed by atoms with Crippen LogP contribution in [0.3, 0.4) is 0 Å². The predicted octanol–water partition coefficient (Wildman–Crippen LogP) is 10.7. The largest absolute Gasteiger partial charge is 2.00 e. The molecule has 0 saturated carbocycles. The van der Waals surface area contributed by atoms with Crippen molar-refractivity contribution in [2.75, 3.05) is 0 Å². The summed E-state index contributed by atoms with van der Waals surface area (Å²) in [5.41, 5.74) is 1.71. The summed E-state index contributed by atoms with van der Waals surface area (Å²) in [5, 5.41) is 41.1. The summed E-state index contributed by atoms with van der Waals surface area (Å²) in [5.74, 6) is -2.46. The van der Waals surface area contributed by atoms with Gasteiger partial charge in [-0.15, -0.1) is 0 Å². The van der Waals surface area contributed by atoms with E-state index in [9.17, 15) is 30.0 Å². The van der Waals surface area contributed by atoms with E-state index in [4.69, 9.17) is 0 Å². The van der Waals surface area contributed by atoms with Crippen LogP contribution in [-0.4, -0.2) is 59.9 Å². The van der Waals surface area contributed by atoms with Crippen molar-refractivity contribution in [2.24, 2.45) is 0 Å². The van der Waals surface area contributed by atoms with Crippen molar-refractivity contribution in [1.82, 2.24) is 0 Å². The molecule has 0 aliphatic carbocycles. The Labute approximate surface area is 341 Å². The number of benzene rings is 2. The second-order valence-electron chi connectivity index (χ2n) is 14.6. The van der Waals surface area contributed by atoms with Gasteiger partial charge in [0, 0.05) is 11.1 Å². The van der Waals surface area contributed by atoms with Crippen LogP contribution in [0.25, 0.3) is 0 Å². The second-order valence-corrected chi connectivity index (χ2v) is 14.6. The molecule has 2 aromatic rings. The summed E-state index contributed by atoms with van der Waals surface area (Å²) in [6.07, 6.45) is 31.4. The topological polar surface area (TPSA) is 121 Å². The normalized spacial score (nSPS) is 12.0. The first-order valence-corrected chi connectivity index (χ1v) is 20.2. The van der Waals surface area contributed by atoms with E-state index < -0.39 is 11.9 Å². The zero-order valence-electron chi connectivity index (χ0n) is 32.8.